The van der Waals surface area contributed by atoms with Crippen molar-refractivity contribution in [1.29, 1.82) is 0 Å². The highest BCUT2D eigenvalue weighted by molar-refractivity contribution is 6.09. The first-order chi connectivity index (χ1) is 14.6. The third kappa shape index (κ3) is 2.84. The molecule has 0 saturated carbocycles. The van der Waals surface area contributed by atoms with E-state index in [1.807, 2.05) is 72.5 Å². The molecule has 152 valence electrons. The Morgan fingerprint density at radius 2 is 1.77 bits per heavy atom. The van der Waals surface area contributed by atoms with Gasteiger partial charge in [0.05, 0.1) is 17.7 Å². The van der Waals surface area contributed by atoms with Gasteiger partial charge in [0.25, 0.3) is 5.91 Å². The molecule has 2 heterocycles. The van der Waals surface area contributed by atoms with Gasteiger partial charge >= 0.3 is 5.97 Å². The molecule has 1 spiro atoms. The maximum absolute atomic E-state index is 13.6. The Bertz CT molecular complexity index is 1140. The number of rotatable bonds is 3. The molecule has 0 N–H and O–H groups in total. The summed E-state index contributed by atoms with van der Waals surface area (Å²) in [5.41, 5.74) is 1.58. The summed E-state index contributed by atoms with van der Waals surface area (Å²) in [6.45, 7) is 3.46. The molecule has 3 aromatic rings. The van der Waals surface area contributed by atoms with Gasteiger partial charge < -0.3 is 14.4 Å². The molecular formula is C25H23NO4. The standard InChI is InChI=1S/C25H23NO4/c1-2-29-21-12-11-17-7-3-4-8-18(17)22(21)23(27)26-15-13-25(14-16-26)20-10-6-5-9-19(20)24(28)30-25/h3-12H,2,13-16H2,1H3. The third-order valence-electron chi connectivity index (χ3n) is 6.19. The molecule has 5 nitrogen and oxygen atoms in total. The van der Waals surface area contributed by atoms with Crippen LogP contribution in [0.1, 0.15) is 46.0 Å². The Morgan fingerprint density at radius 1 is 1.03 bits per heavy atom. The predicted octanol–water partition coefficient (Wildman–Crippen LogP) is 4.54. The lowest BCUT2D eigenvalue weighted by Gasteiger charge is -2.38. The van der Waals surface area contributed by atoms with Crippen molar-refractivity contribution in [3.05, 3.63) is 77.4 Å². The summed E-state index contributed by atoms with van der Waals surface area (Å²) in [5, 5.41) is 1.91. The number of carbonyl (C=O) groups is 2. The largest absolute Gasteiger partial charge is 0.493 e. The fourth-order valence-electron chi connectivity index (χ4n) is 4.69. The van der Waals surface area contributed by atoms with Crippen LogP contribution in [0.25, 0.3) is 10.8 Å². The van der Waals surface area contributed by atoms with Crippen molar-refractivity contribution in [3.8, 4) is 5.75 Å². The molecule has 0 atom stereocenters. The van der Waals surface area contributed by atoms with Gasteiger partial charge in [-0.2, -0.15) is 0 Å². The molecule has 5 rings (SSSR count). The first-order valence-electron chi connectivity index (χ1n) is 10.4. The molecule has 1 fully saturated rings. The summed E-state index contributed by atoms with van der Waals surface area (Å²) in [7, 11) is 0. The molecular weight excluding hydrogens is 378 g/mol. The van der Waals surface area contributed by atoms with Gasteiger partial charge in [-0.3, -0.25) is 4.79 Å². The number of hydrogen-bond acceptors (Lipinski definition) is 4. The molecule has 0 radical (unpaired) electrons. The number of amides is 1. The lowest BCUT2D eigenvalue weighted by Crippen LogP contribution is -2.45. The Hall–Kier alpha value is -3.34. The van der Waals surface area contributed by atoms with Gasteiger partial charge in [-0.15, -0.1) is 0 Å². The van der Waals surface area contributed by atoms with Crippen LogP contribution in [0.4, 0.5) is 0 Å². The molecule has 0 aromatic heterocycles. The molecule has 2 aliphatic heterocycles. The number of hydrogen-bond donors (Lipinski definition) is 0. The Morgan fingerprint density at radius 3 is 2.57 bits per heavy atom. The van der Waals surface area contributed by atoms with E-state index in [4.69, 9.17) is 9.47 Å². The molecule has 1 saturated heterocycles. The van der Waals surface area contributed by atoms with Crippen LogP contribution >= 0.6 is 0 Å². The van der Waals surface area contributed by atoms with Crippen LogP contribution in [0.3, 0.4) is 0 Å². The van der Waals surface area contributed by atoms with Crippen molar-refractivity contribution in [2.75, 3.05) is 19.7 Å². The molecule has 0 unspecified atom stereocenters. The van der Waals surface area contributed by atoms with Crippen LogP contribution < -0.4 is 4.74 Å². The predicted molar refractivity (Wildman–Crippen MR) is 114 cm³/mol. The van der Waals surface area contributed by atoms with Crippen molar-refractivity contribution in [1.82, 2.24) is 4.90 Å². The number of piperidine rings is 1. The van der Waals surface area contributed by atoms with Gasteiger partial charge in [-0.25, -0.2) is 4.79 Å². The molecule has 0 aliphatic carbocycles. The summed E-state index contributed by atoms with van der Waals surface area (Å²) >= 11 is 0. The first kappa shape index (κ1) is 18.7. The smallest absolute Gasteiger partial charge is 0.339 e. The van der Waals surface area contributed by atoms with Crippen molar-refractivity contribution in [2.24, 2.45) is 0 Å². The number of nitrogens with zero attached hydrogens (tertiary/aromatic N) is 1. The van der Waals surface area contributed by atoms with Crippen LogP contribution in [0.2, 0.25) is 0 Å². The zero-order valence-corrected chi connectivity index (χ0v) is 16.9. The highest BCUT2D eigenvalue weighted by Crippen LogP contribution is 2.44. The molecule has 0 bridgehead atoms. The van der Waals surface area contributed by atoms with E-state index in [1.54, 1.807) is 0 Å². The number of ether oxygens (including phenoxy) is 2. The van der Waals surface area contributed by atoms with E-state index in [0.717, 1.165) is 16.3 Å². The number of benzene rings is 3. The van der Waals surface area contributed by atoms with Gasteiger partial charge in [0.1, 0.15) is 11.4 Å². The molecule has 2 aliphatic rings. The zero-order valence-electron chi connectivity index (χ0n) is 16.9. The van der Waals surface area contributed by atoms with Gasteiger partial charge in [0, 0.05) is 31.5 Å². The molecule has 1 amide bonds. The number of carbonyl (C=O) groups excluding carboxylic acids is 2. The van der Waals surface area contributed by atoms with Crippen LogP contribution in [0.15, 0.2) is 60.7 Å². The number of likely N-dealkylation sites (tertiary alicyclic amines) is 1. The topological polar surface area (TPSA) is 55.8 Å². The van der Waals surface area contributed by atoms with E-state index in [0.29, 0.717) is 49.4 Å². The Labute approximate surface area is 175 Å². The summed E-state index contributed by atoms with van der Waals surface area (Å²) in [6.07, 6.45) is 1.19. The average molecular weight is 401 g/mol. The summed E-state index contributed by atoms with van der Waals surface area (Å²) in [4.78, 5) is 27.7. The second kappa shape index (κ2) is 7.17. The Balaban J connectivity index is 1.45. The van der Waals surface area contributed by atoms with E-state index < -0.39 is 5.60 Å². The fourth-order valence-corrected chi connectivity index (χ4v) is 4.69. The molecule has 5 heteroatoms. The summed E-state index contributed by atoms with van der Waals surface area (Å²) < 4.78 is 11.6. The molecule has 30 heavy (non-hydrogen) atoms. The zero-order chi connectivity index (χ0) is 20.7. The van der Waals surface area contributed by atoms with Gasteiger partial charge in [-0.05, 0) is 29.8 Å². The number of fused-ring (bicyclic) bond motifs is 3. The van der Waals surface area contributed by atoms with E-state index >= 15 is 0 Å². The first-order valence-corrected chi connectivity index (χ1v) is 10.4. The SMILES string of the molecule is CCOc1ccc2ccccc2c1C(=O)N1CCC2(CC1)OC(=O)c1ccccc12. The highest BCUT2D eigenvalue weighted by Gasteiger charge is 2.47. The fraction of sp³-hybridized carbons (Fsp3) is 0.280. The third-order valence-corrected chi connectivity index (χ3v) is 6.19. The second-order valence-electron chi connectivity index (χ2n) is 7.81. The minimum atomic E-state index is -0.619. The van der Waals surface area contributed by atoms with Crippen molar-refractivity contribution >= 4 is 22.6 Å². The quantitative estimate of drug-likeness (QED) is 0.605. The maximum Gasteiger partial charge on any atom is 0.339 e. The van der Waals surface area contributed by atoms with E-state index in [1.165, 1.54) is 0 Å². The monoisotopic (exact) mass is 401 g/mol. The van der Waals surface area contributed by atoms with Crippen molar-refractivity contribution < 1.29 is 19.1 Å². The van der Waals surface area contributed by atoms with Crippen LogP contribution in [0, 0.1) is 0 Å². The minimum absolute atomic E-state index is 0.0392. The second-order valence-corrected chi connectivity index (χ2v) is 7.81. The van der Waals surface area contributed by atoms with Gasteiger partial charge in [0.15, 0.2) is 0 Å². The van der Waals surface area contributed by atoms with Crippen molar-refractivity contribution in [2.45, 2.75) is 25.4 Å². The van der Waals surface area contributed by atoms with Crippen LogP contribution in [-0.2, 0) is 10.3 Å². The summed E-state index contributed by atoms with van der Waals surface area (Å²) in [5.74, 6) is 0.305. The lowest BCUT2D eigenvalue weighted by atomic mass is 9.83. The van der Waals surface area contributed by atoms with E-state index in [9.17, 15) is 9.59 Å². The van der Waals surface area contributed by atoms with E-state index in [-0.39, 0.29) is 11.9 Å². The minimum Gasteiger partial charge on any atom is -0.493 e. The van der Waals surface area contributed by atoms with Gasteiger partial charge in [-0.1, -0.05) is 48.5 Å². The average Bonchev–Trinajstić information content (AvgIpc) is 3.05. The normalized spacial score (nSPS) is 17.1. The van der Waals surface area contributed by atoms with Crippen LogP contribution in [-0.4, -0.2) is 36.5 Å². The van der Waals surface area contributed by atoms with Gasteiger partial charge in [0.2, 0.25) is 0 Å². The Kier molecular flexibility index (Phi) is 4.46. The molecule has 3 aromatic carbocycles. The van der Waals surface area contributed by atoms with Crippen LogP contribution in [0.5, 0.6) is 5.75 Å². The lowest BCUT2D eigenvalue weighted by molar-refractivity contribution is -0.0389. The number of esters is 1. The summed E-state index contributed by atoms with van der Waals surface area (Å²) in [6, 6.07) is 19.3. The maximum atomic E-state index is 13.6. The van der Waals surface area contributed by atoms with E-state index in [2.05, 4.69) is 0 Å². The highest BCUT2D eigenvalue weighted by atomic mass is 16.6. The van der Waals surface area contributed by atoms with Crippen molar-refractivity contribution in [3.63, 3.8) is 0 Å².